The molecule has 2 heterocycles. The summed E-state index contributed by atoms with van der Waals surface area (Å²) in [6, 6.07) is 90.7. The molecule has 0 radical (unpaired) electrons. The maximum absolute atomic E-state index is 11.9. The summed E-state index contributed by atoms with van der Waals surface area (Å²) >= 11 is 0. The summed E-state index contributed by atoms with van der Waals surface area (Å²) in [6.45, 7) is 19.4. The standard InChI is InChI=1S/C19H17S.C18H23OS.C18H15S.C15H22O6S.C13H17NO5S.C12H13NO5S.2CH4/c1-16-12-14-19(15-13-16)20(17-8-4-2-5-9-17)18-10-6-3-7-11-18;1-2-3-12-19-17-10-11-18(20-13-6-7-14-20)16-9-5-4-8-15(16)17;1-4-10-16(11-5-1)19(17-12-6-2-7-13-17)18-14-8-3-9-15-18;1-4-15(2,3)14(16)21-11-5-10-20-12-6-8-13(9-7-12)22(17,18)19;1-8(10(3)15)9(2)13(16)14-11-4-6-12(7-5-11)20(17,18)19;1-7-8(2)12(15)13(11(7)14)9-3-5-10(6-4-9)19(16,17)18;;/h2-15H,1H3;4-5,8-11H,2-3,6-7,12-14H2,1H3;1-15H;6-9H,4-5,10-11H2,1-3H3,(H,17,18,19);4-9H,1-3H3,(H,14,16)(H,17,18,19);3-8H,1-2H3,(H,16,17,18);2*1H4/q3*+1;;;;;/p-3. The largest absolute Gasteiger partial charge is 0.744 e. The second-order valence-electron chi connectivity index (χ2n) is 29.1. The Morgan fingerprint density at radius 2 is 0.861 bits per heavy atom. The average Bonchev–Trinajstić information content (AvgIpc) is 1.48. The van der Waals surface area contributed by atoms with Crippen molar-refractivity contribution in [1.82, 2.24) is 0 Å². The zero-order chi connectivity index (χ0) is 87.2. The van der Waals surface area contributed by atoms with Gasteiger partial charge in [-0.1, -0.05) is 190 Å². The number of benzene rings is 11. The summed E-state index contributed by atoms with van der Waals surface area (Å²) in [5.41, 5.74) is 1.46. The average molecular weight is 1770 g/mol. The highest BCUT2D eigenvalue weighted by Crippen LogP contribution is 2.37. The van der Waals surface area contributed by atoms with Crippen LogP contribution in [0.3, 0.4) is 0 Å². The molecule has 3 amide bonds. The highest BCUT2D eigenvalue weighted by Gasteiger charge is 2.43. The second-order valence-corrected chi connectivity index (χ2v) is 39.5. The molecule has 2 aliphatic rings. The molecule has 19 nitrogen and oxygen atoms in total. The molecule has 4 atom stereocenters. The number of carbonyl (C=O) groups is 5. The molecule has 4 unspecified atom stereocenters. The van der Waals surface area contributed by atoms with E-state index in [-0.39, 0.29) is 88.2 Å². The summed E-state index contributed by atoms with van der Waals surface area (Å²) in [7, 11) is -13.0. The third-order valence-electron chi connectivity index (χ3n) is 20.0. The van der Waals surface area contributed by atoms with Crippen molar-refractivity contribution in [3.05, 3.63) is 291 Å². The van der Waals surface area contributed by atoms with Crippen molar-refractivity contribution in [1.29, 1.82) is 0 Å². The predicted octanol–water partition coefficient (Wildman–Crippen LogP) is 20.4. The fraction of sp³-hybridized carbons (Fsp3) is 0.289. The van der Waals surface area contributed by atoms with Gasteiger partial charge in [-0.15, -0.1) is 0 Å². The number of amides is 3. The molecule has 2 aliphatic heterocycles. The van der Waals surface area contributed by atoms with Crippen molar-refractivity contribution in [3.8, 4) is 11.5 Å². The minimum absolute atomic E-state index is 0. The van der Waals surface area contributed by atoms with Crippen molar-refractivity contribution < 1.29 is 77.1 Å². The molecule has 11 aromatic rings. The Hall–Kier alpha value is -10.2. The number of aryl methyl sites for hydroxylation is 1. The van der Waals surface area contributed by atoms with Crippen LogP contribution in [0.1, 0.15) is 121 Å². The number of esters is 1. The third-order valence-corrected chi connectivity index (χ3v) is 29.6. The molecule has 11 aromatic carbocycles. The van der Waals surface area contributed by atoms with Gasteiger partial charge in [0.1, 0.15) is 59.1 Å². The first-order valence-corrected chi connectivity index (χ1v) is 47.8. The summed E-state index contributed by atoms with van der Waals surface area (Å²) in [6.07, 6.45) is 6.32. The third kappa shape index (κ3) is 29.8. The van der Waals surface area contributed by atoms with Gasteiger partial charge in [0, 0.05) is 57.4 Å². The van der Waals surface area contributed by atoms with Gasteiger partial charge >= 0.3 is 5.97 Å². The molecule has 0 aromatic heterocycles. The highest BCUT2D eigenvalue weighted by molar-refractivity contribution is 7.97. The van der Waals surface area contributed by atoms with Gasteiger partial charge in [-0.05, 0) is 217 Å². The van der Waals surface area contributed by atoms with E-state index in [1.54, 1.807) is 32.6 Å². The summed E-state index contributed by atoms with van der Waals surface area (Å²) in [5.74, 6) is 1.22. The molecule has 2 fully saturated rings. The van der Waals surface area contributed by atoms with Crippen molar-refractivity contribution in [2.45, 2.75) is 172 Å². The van der Waals surface area contributed by atoms with Gasteiger partial charge in [0.25, 0.3) is 0 Å². The molecule has 648 valence electrons. The Morgan fingerprint density at radius 1 is 0.484 bits per heavy atom. The van der Waals surface area contributed by atoms with Crippen LogP contribution in [0, 0.1) is 36.0 Å². The lowest BCUT2D eigenvalue weighted by molar-refractivity contribution is -0.154. The van der Waals surface area contributed by atoms with Crippen LogP contribution in [0.5, 0.6) is 11.5 Å². The normalized spacial score (nSPS) is 14.3. The first-order valence-electron chi connectivity index (χ1n) is 39.5. The van der Waals surface area contributed by atoms with Crippen molar-refractivity contribution in [2.75, 3.05) is 41.5 Å². The van der Waals surface area contributed by atoms with Gasteiger partial charge in [-0.25, -0.2) is 25.3 Å². The number of imide groups is 1. The van der Waals surface area contributed by atoms with Crippen molar-refractivity contribution in [3.63, 3.8) is 0 Å². The van der Waals surface area contributed by atoms with Crippen LogP contribution < -0.4 is 19.7 Å². The molecule has 0 saturated carbocycles. The number of nitrogens with one attached hydrogen (secondary N) is 1. The van der Waals surface area contributed by atoms with Crippen LogP contribution in [-0.4, -0.2) is 99.7 Å². The Balaban J connectivity index is 0.000000226. The molecule has 13 rings (SSSR count). The van der Waals surface area contributed by atoms with E-state index in [2.05, 4.69) is 231 Å². The summed E-state index contributed by atoms with van der Waals surface area (Å²) < 4.78 is 113. The number of fused-ring (bicyclic) bond motifs is 1. The number of Topliss-reactive ketones (excluding diaryl/α,β-unsaturated/α-hetero) is 1. The van der Waals surface area contributed by atoms with E-state index in [0.29, 0.717) is 41.8 Å². The SMILES string of the molecule is C.C.CC(=O)C(C)C(C)C(=O)Nc1ccc(S(=O)(=O)[O-])cc1.CC1C(=O)N(c2ccc(S(=O)(=O)[O-])cc2)C(=O)C1C.CCC(C)(C)C(=O)OCCCOc1ccc(S(=O)(=O)[O-])cc1.CCCCOc1ccc([S+]2CCCC2)c2ccccc12.Cc1ccc([S+](c2ccccc2)c2ccccc2)cc1.c1ccc([S+](c2ccccc2)c2ccccc2)cc1. The van der Waals surface area contributed by atoms with E-state index >= 15 is 0 Å². The van der Waals surface area contributed by atoms with Gasteiger partial charge in [-0.2, -0.15) is 0 Å². The van der Waals surface area contributed by atoms with E-state index in [4.69, 9.17) is 14.2 Å². The van der Waals surface area contributed by atoms with Crippen molar-refractivity contribution >= 4 is 115 Å². The summed E-state index contributed by atoms with van der Waals surface area (Å²) in [5, 5.41) is 5.27. The van der Waals surface area contributed by atoms with Crippen LogP contribution in [-0.2, 0) is 91.7 Å². The van der Waals surface area contributed by atoms with E-state index in [9.17, 15) is 62.9 Å². The van der Waals surface area contributed by atoms with Gasteiger partial charge in [0.15, 0.2) is 34.3 Å². The number of ether oxygens (including phenoxy) is 3. The maximum Gasteiger partial charge on any atom is 0.311 e. The Morgan fingerprint density at radius 3 is 1.25 bits per heavy atom. The summed E-state index contributed by atoms with van der Waals surface area (Å²) in [4.78, 5) is 68.4. The number of rotatable bonds is 26. The molecular weight excluding hydrogens is 1660 g/mol. The number of carbonyl (C=O) groups excluding carboxylic acids is 5. The van der Waals surface area contributed by atoms with Crippen LogP contribution in [0.4, 0.5) is 11.4 Å². The lowest BCUT2D eigenvalue weighted by Gasteiger charge is -2.20. The van der Waals surface area contributed by atoms with E-state index in [1.165, 1.54) is 132 Å². The minimum atomic E-state index is -4.53. The van der Waals surface area contributed by atoms with E-state index in [1.807, 2.05) is 20.8 Å². The first kappa shape index (κ1) is 101. The number of nitrogens with zero attached hydrogens (tertiary/aromatic N) is 1. The number of unbranched alkanes of at least 4 members (excludes halogenated alkanes) is 1. The molecule has 0 bridgehead atoms. The number of ketones is 1. The first-order chi connectivity index (χ1) is 57.2. The molecule has 0 spiro atoms. The van der Waals surface area contributed by atoms with Gasteiger partial charge in [-0.3, -0.25) is 28.9 Å². The Bertz CT molecular complexity index is 5310. The topological polar surface area (TPSA) is 300 Å². The zero-order valence-electron chi connectivity index (χ0n) is 69.1. The molecule has 1 N–H and O–H groups in total. The van der Waals surface area contributed by atoms with Gasteiger partial charge in [0.05, 0.1) is 67.4 Å². The monoisotopic (exact) mass is 1770 g/mol. The Labute approximate surface area is 730 Å². The van der Waals surface area contributed by atoms with Crippen LogP contribution in [0.15, 0.2) is 334 Å². The smallest absolute Gasteiger partial charge is 0.311 e. The van der Waals surface area contributed by atoms with E-state index in [0.717, 1.165) is 47.9 Å². The number of anilines is 2. The molecule has 25 heteroatoms. The van der Waals surface area contributed by atoms with Crippen molar-refractivity contribution in [2.24, 2.45) is 29.1 Å². The van der Waals surface area contributed by atoms with Crippen LogP contribution >= 0.6 is 0 Å². The quantitative estimate of drug-likeness (QED) is 0.0173. The predicted molar refractivity (Wildman–Crippen MR) is 487 cm³/mol. The van der Waals surface area contributed by atoms with Gasteiger partial charge < -0.3 is 33.2 Å². The lowest BCUT2D eigenvalue weighted by Crippen LogP contribution is -2.30. The number of hydrogen-bond acceptors (Lipinski definition) is 17. The molecule has 0 aliphatic carbocycles. The Kier molecular flexibility index (Phi) is 40.1. The fourth-order valence-corrected chi connectivity index (χ4v) is 20.1. The molecular formula is C97H112N2O17S6. The second kappa shape index (κ2) is 48.6. The molecule has 2 saturated heterocycles. The van der Waals surface area contributed by atoms with E-state index < -0.39 is 64.3 Å². The highest BCUT2D eigenvalue weighted by atomic mass is 32.2. The zero-order valence-corrected chi connectivity index (χ0v) is 74.0. The van der Waals surface area contributed by atoms with Crippen LogP contribution in [0.25, 0.3) is 10.8 Å². The van der Waals surface area contributed by atoms with Crippen LogP contribution in [0.2, 0.25) is 0 Å². The molecule has 122 heavy (non-hydrogen) atoms. The lowest BCUT2D eigenvalue weighted by atomic mass is 9.91. The number of hydrogen-bond donors (Lipinski definition) is 1. The van der Waals surface area contributed by atoms with Gasteiger partial charge in [0.2, 0.25) is 17.7 Å². The minimum Gasteiger partial charge on any atom is -0.744 e. The maximum atomic E-state index is 11.9. The fourth-order valence-electron chi connectivity index (χ4n) is 12.1.